The summed E-state index contributed by atoms with van der Waals surface area (Å²) in [6, 6.07) is 8.21. The van der Waals surface area contributed by atoms with Crippen LogP contribution in [-0.4, -0.2) is 16.4 Å². The number of rotatable bonds is 6. The highest BCUT2D eigenvalue weighted by Crippen LogP contribution is 2.27. The van der Waals surface area contributed by atoms with Gasteiger partial charge < -0.3 is 10.5 Å². The SMILES string of the molecule is Cc1ccc(C(C)C)c(OCCCn2ccc(N)n2)c1. The molecule has 0 radical (unpaired) electrons. The standard InChI is InChI=1S/C16H23N3O/c1-12(2)14-6-5-13(3)11-15(14)20-10-4-8-19-9-7-16(17)18-19/h5-7,9,11-12H,4,8,10H2,1-3H3,(H2,17,18). The number of benzene rings is 1. The minimum atomic E-state index is 0.469. The van der Waals surface area contributed by atoms with E-state index in [1.807, 2.05) is 10.9 Å². The first kappa shape index (κ1) is 14.4. The summed E-state index contributed by atoms with van der Waals surface area (Å²) in [7, 11) is 0. The van der Waals surface area contributed by atoms with E-state index in [1.54, 1.807) is 6.07 Å². The van der Waals surface area contributed by atoms with Gasteiger partial charge in [0, 0.05) is 19.2 Å². The summed E-state index contributed by atoms with van der Waals surface area (Å²) >= 11 is 0. The fraction of sp³-hybridized carbons (Fsp3) is 0.438. The minimum Gasteiger partial charge on any atom is -0.493 e. The predicted molar refractivity (Wildman–Crippen MR) is 82.0 cm³/mol. The number of hydrogen-bond donors (Lipinski definition) is 1. The van der Waals surface area contributed by atoms with Crippen LogP contribution in [0.4, 0.5) is 5.82 Å². The Morgan fingerprint density at radius 1 is 1.30 bits per heavy atom. The van der Waals surface area contributed by atoms with E-state index < -0.39 is 0 Å². The zero-order chi connectivity index (χ0) is 14.5. The highest BCUT2D eigenvalue weighted by molar-refractivity contribution is 5.39. The lowest BCUT2D eigenvalue weighted by Crippen LogP contribution is -2.07. The van der Waals surface area contributed by atoms with Gasteiger partial charge in [0.15, 0.2) is 0 Å². The van der Waals surface area contributed by atoms with Gasteiger partial charge in [-0.1, -0.05) is 26.0 Å². The second kappa shape index (κ2) is 6.46. The molecule has 0 amide bonds. The zero-order valence-corrected chi connectivity index (χ0v) is 12.5. The van der Waals surface area contributed by atoms with Crippen molar-refractivity contribution in [3.05, 3.63) is 41.6 Å². The summed E-state index contributed by atoms with van der Waals surface area (Å²) in [6.07, 6.45) is 2.80. The molecule has 0 aliphatic carbocycles. The molecule has 1 aromatic carbocycles. The van der Waals surface area contributed by atoms with Gasteiger partial charge in [0.1, 0.15) is 11.6 Å². The smallest absolute Gasteiger partial charge is 0.145 e. The maximum Gasteiger partial charge on any atom is 0.145 e. The fourth-order valence-corrected chi connectivity index (χ4v) is 2.15. The summed E-state index contributed by atoms with van der Waals surface area (Å²) in [5.41, 5.74) is 8.07. The monoisotopic (exact) mass is 273 g/mol. The van der Waals surface area contributed by atoms with Crippen LogP contribution in [0.5, 0.6) is 5.75 Å². The lowest BCUT2D eigenvalue weighted by molar-refractivity contribution is 0.295. The van der Waals surface area contributed by atoms with E-state index in [-0.39, 0.29) is 0 Å². The summed E-state index contributed by atoms with van der Waals surface area (Å²) in [4.78, 5) is 0. The van der Waals surface area contributed by atoms with E-state index >= 15 is 0 Å². The van der Waals surface area contributed by atoms with E-state index in [0.717, 1.165) is 18.7 Å². The van der Waals surface area contributed by atoms with E-state index in [2.05, 4.69) is 44.1 Å². The number of ether oxygens (including phenoxy) is 1. The van der Waals surface area contributed by atoms with Crippen molar-refractivity contribution in [1.29, 1.82) is 0 Å². The van der Waals surface area contributed by atoms with Crippen LogP contribution in [0.15, 0.2) is 30.5 Å². The molecule has 2 N–H and O–H groups in total. The van der Waals surface area contributed by atoms with Gasteiger partial charge in [0.05, 0.1) is 6.61 Å². The largest absolute Gasteiger partial charge is 0.493 e. The topological polar surface area (TPSA) is 53.1 Å². The third kappa shape index (κ3) is 3.76. The van der Waals surface area contributed by atoms with Crippen LogP contribution in [0.2, 0.25) is 0 Å². The molecular weight excluding hydrogens is 250 g/mol. The Bertz CT molecular complexity index is 561. The van der Waals surface area contributed by atoms with Gasteiger partial charge in [-0.3, -0.25) is 4.68 Å². The van der Waals surface area contributed by atoms with Gasteiger partial charge in [-0.05, 0) is 36.1 Å². The number of aromatic nitrogens is 2. The van der Waals surface area contributed by atoms with Crippen LogP contribution in [0, 0.1) is 6.92 Å². The van der Waals surface area contributed by atoms with Gasteiger partial charge in [-0.2, -0.15) is 5.10 Å². The number of nitrogens with two attached hydrogens (primary N) is 1. The van der Waals surface area contributed by atoms with Crippen molar-refractivity contribution in [1.82, 2.24) is 9.78 Å². The lowest BCUT2D eigenvalue weighted by Gasteiger charge is -2.14. The van der Waals surface area contributed by atoms with Crippen LogP contribution >= 0.6 is 0 Å². The Kier molecular flexibility index (Phi) is 4.66. The molecule has 2 aromatic rings. The molecule has 0 fully saturated rings. The molecule has 108 valence electrons. The lowest BCUT2D eigenvalue weighted by atomic mass is 10.0. The molecule has 0 saturated carbocycles. The highest BCUT2D eigenvalue weighted by atomic mass is 16.5. The molecule has 4 nitrogen and oxygen atoms in total. The van der Waals surface area contributed by atoms with E-state index in [4.69, 9.17) is 10.5 Å². The molecule has 0 saturated heterocycles. The van der Waals surface area contributed by atoms with Gasteiger partial charge in [-0.15, -0.1) is 0 Å². The molecule has 0 aliphatic rings. The molecule has 4 heteroatoms. The van der Waals surface area contributed by atoms with Crippen molar-refractivity contribution in [2.45, 2.75) is 39.7 Å². The molecule has 0 atom stereocenters. The maximum atomic E-state index is 5.94. The number of nitrogens with zero attached hydrogens (tertiary/aromatic N) is 2. The average molecular weight is 273 g/mol. The second-order valence-corrected chi connectivity index (χ2v) is 5.40. The fourth-order valence-electron chi connectivity index (χ4n) is 2.15. The third-order valence-corrected chi connectivity index (χ3v) is 3.24. The zero-order valence-electron chi connectivity index (χ0n) is 12.5. The Morgan fingerprint density at radius 2 is 2.10 bits per heavy atom. The quantitative estimate of drug-likeness (QED) is 0.821. The van der Waals surface area contributed by atoms with Crippen LogP contribution in [0.1, 0.15) is 37.3 Å². The van der Waals surface area contributed by atoms with E-state index in [0.29, 0.717) is 18.3 Å². The summed E-state index contributed by atoms with van der Waals surface area (Å²) in [6.45, 7) is 7.96. The van der Waals surface area contributed by atoms with Crippen LogP contribution in [0.25, 0.3) is 0 Å². The minimum absolute atomic E-state index is 0.469. The number of aryl methyl sites for hydroxylation is 2. The number of nitrogen functional groups attached to an aromatic ring is 1. The molecule has 2 rings (SSSR count). The predicted octanol–water partition coefficient (Wildman–Crippen LogP) is 3.37. The summed E-state index contributed by atoms with van der Waals surface area (Å²) < 4.78 is 7.78. The molecule has 1 heterocycles. The molecule has 0 bridgehead atoms. The van der Waals surface area contributed by atoms with Gasteiger partial charge in [-0.25, -0.2) is 0 Å². The van der Waals surface area contributed by atoms with Crippen molar-refractivity contribution in [2.24, 2.45) is 0 Å². The van der Waals surface area contributed by atoms with E-state index in [9.17, 15) is 0 Å². The molecule has 20 heavy (non-hydrogen) atoms. The van der Waals surface area contributed by atoms with Crippen molar-refractivity contribution >= 4 is 5.82 Å². The van der Waals surface area contributed by atoms with Crippen LogP contribution in [0.3, 0.4) is 0 Å². The molecular formula is C16H23N3O. The Labute approximate surface area is 120 Å². The normalized spacial score (nSPS) is 11.0. The van der Waals surface area contributed by atoms with Crippen molar-refractivity contribution in [2.75, 3.05) is 12.3 Å². The third-order valence-electron chi connectivity index (χ3n) is 3.24. The van der Waals surface area contributed by atoms with E-state index in [1.165, 1.54) is 11.1 Å². The Balaban J connectivity index is 1.89. The second-order valence-electron chi connectivity index (χ2n) is 5.40. The molecule has 0 spiro atoms. The number of anilines is 1. The first-order valence-corrected chi connectivity index (χ1v) is 7.08. The molecule has 1 aromatic heterocycles. The van der Waals surface area contributed by atoms with Crippen molar-refractivity contribution in [3.8, 4) is 5.75 Å². The molecule has 0 aliphatic heterocycles. The van der Waals surface area contributed by atoms with Crippen molar-refractivity contribution < 1.29 is 4.74 Å². The van der Waals surface area contributed by atoms with Gasteiger partial charge in [0.2, 0.25) is 0 Å². The van der Waals surface area contributed by atoms with Crippen molar-refractivity contribution in [3.63, 3.8) is 0 Å². The summed E-state index contributed by atoms with van der Waals surface area (Å²) in [5, 5.41) is 4.15. The highest BCUT2D eigenvalue weighted by Gasteiger charge is 2.07. The van der Waals surface area contributed by atoms with Gasteiger partial charge in [0.25, 0.3) is 0 Å². The molecule has 0 unspecified atom stereocenters. The average Bonchev–Trinajstić information content (AvgIpc) is 2.80. The van der Waals surface area contributed by atoms with Gasteiger partial charge >= 0.3 is 0 Å². The Morgan fingerprint density at radius 3 is 2.75 bits per heavy atom. The van der Waals surface area contributed by atoms with Crippen LogP contribution < -0.4 is 10.5 Å². The first-order valence-electron chi connectivity index (χ1n) is 7.08. The number of hydrogen-bond acceptors (Lipinski definition) is 3. The van der Waals surface area contributed by atoms with Crippen LogP contribution in [-0.2, 0) is 6.54 Å². The summed E-state index contributed by atoms with van der Waals surface area (Å²) in [5.74, 6) is 2.03. The Hall–Kier alpha value is -1.97. The first-order chi connectivity index (χ1) is 9.56. The maximum absolute atomic E-state index is 5.94.